The van der Waals surface area contributed by atoms with Crippen molar-refractivity contribution < 1.29 is 14.3 Å². The number of carbonyl (C=O) groups excluding carboxylic acids is 1. The highest BCUT2D eigenvalue weighted by Crippen LogP contribution is 2.15. The maximum Gasteiger partial charge on any atom is 0.316 e. The van der Waals surface area contributed by atoms with Crippen LogP contribution < -0.4 is 10.6 Å². The van der Waals surface area contributed by atoms with E-state index >= 15 is 0 Å². The molecule has 5 nitrogen and oxygen atoms in total. The molecule has 0 fully saturated rings. The fraction of sp³-hybridized carbons (Fsp3) is 0.417. The molecular formula is C12H18FN3O2. The second-order valence-electron chi connectivity index (χ2n) is 4.09. The molecule has 0 aliphatic heterocycles. The summed E-state index contributed by atoms with van der Waals surface area (Å²) in [5.41, 5.74) is 0.740. The average molecular weight is 255 g/mol. The van der Waals surface area contributed by atoms with Crippen molar-refractivity contribution in [2.24, 2.45) is 0 Å². The predicted octanol–water partition coefficient (Wildman–Crippen LogP) is 0.892. The fourth-order valence-electron chi connectivity index (χ4n) is 1.31. The highest BCUT2D eigenvalue weighted by molar-refractivity contribution is 5.73. The summed E-state index contributed by atoms with van der Waals surface area (Å²) in [5, 5.41) is 14.8. The molecule has 0 spiro atoms. The summed E-state index contributed by atoms with van der Waals surface area (Å²) in [6, 6.07) is 4.09. The van der Waals surface area contributed by atoms with Crippen LogP contribution in [0.4, 0.5) is 9.18 Å². The van der Waals surface area contributed by atoms with Crippen LogP contribution in [0.5, 0.6) is 5.75 Å². The first-order valence-corrected chi connectivity index (χ1v) is 5.64. The van der Waals surface area contributed by atoms with Gasteiger partial charge in [0.1, 0.15) is 0 Å². The van der Waals surface area contributed by atoms with Crippen LogP contribution in [0.1, 0.15) is 5.56 Å². The standard InChI is InChI=1S/C12H18FN3O2/c1-16(2)12(18)15-6-5-14-8-9-3-4-11(17)10(13)7-9/h3-4,7,14,17H,5-6,8H2,1-2H3,(H,15,18). The Hall–Kier alpha value is -1.82. The highest BCUT2D eigenvalue weighted by atomic mass is 19.1. The number of aromatic hydroxyl groups is 1. The summed E-state index contributed by atoms with van der Waals surface area (Å²) in [5.74, 6) is -0.979. The lowest BCUT2D eigenvalue weighted by molar-refractivity contribution is 0.217. The quantitative estimate of drug-likeness (QED) is 0.685. The monoisotopic (exact) mass is 255 g/mol. The summed E-state index contributed by atoms with van der Waals surface area (Å²) < 4.78 is 13.0. The van der Waals surface area contributed by atoms with Crippen LogP contribution in [-0.4, -0.2) is 43.2 Å². The minimum Gasteiger partial charge on any atom is -0.505 e. The van der Waals surface area contributed by atoms with Crippen LogP contribution in [-0.2, 0) is 6.54 Å². The van der Waals surface area contributed by atoms with Gasteiger partial charge in [0.05, 0.1) is 0 Å². The Morgan fingerprint density at radius 2 is 2.11 bits per heavy atom. The van der Waals surface area contributed by atoms with Crippen LogP contribution in [0.2, 0.25) is 0 Å². The summed E-state index contributed by atoms with van der Waals surface area (Å²) >= 11 is 0. The number of nitrogens with zero attached hydrogens (tertiary/aromatic N) is 1. The van der Waals surface area contributed by atoms with Gasteiger partial charge in [0.25, 0.3) is 0 Å². The average Bonchev–Trinajstić information content (AvgIpc) is 2.32. The molecule has 0 radical (unpaired) electrons. The summed E-state index contributed by atoms with van der Waals surface area (Å²) in [6.45, 7) is 1.56. The van der Waals surface area contributed by atoms with Crippen molar-refractivity contribution in [2.75, 3.05) is 27.2 Å². The number of halogens is 1. The summed E-state index contributed by atoms with van der Waals surface area (Å²) in [4.78, 5) is 12.6. The number of nitrogens with one attached hydrogen (secondary N) is 2. The summed E-state index contributed by atoms with van der Waals surface area (Å²) in [6.07, 6.45) is 0. The molecule has 1 rings (SSSR count). The van der Waals surface area contributed by atoms with Gasteiger partial charge in [-0.1, -0.05) is 6.07 Å². The normalized spacial score (nSPS) is 10.2. The first kappa shape index (κ1) is 14.2. The predicted molar refractivity (Wildman–Crippen MR) is 66.9 cm³/mol. The van der Waals surface area contributed by atoms with Gasteiger partial charge in [-0.2, -0.15) is 0 Å². The van der Waals surface area contributed by atoms with Gasteiger partial charge in [0.15, 0.2) is 11.6 Å². The van der Waals surface area contributed by atoms with E-state index in [-0.39, 0.29) is 11.8 Å². The summed E-state index contributed by atoms with van der Waals surface area (Å²) in [7, 11) is 3.34. The van der Waals surface area contributed by atoms with E-state index in [1.165, 1.54) is 17.0 Å². The molecule has 6 heteroatoms. The maximum atomic E-state index is 13.0. The number of rotatable bonds is 5. The number of hydrogen-bond acceptors (Lipinski definition) is 3. The number of urea groups is 1. The van der Waals surface area contributed by atoms with Gasteiger partial charge in [-0.05, 0) is 17.7 Å². The molecule has 0 aliphatic rings. The van der Waals surface area contributed by atoms with Crippen molar-refractivity contribution in [3.63, 3.8) is 0 Å². The fourth-order valence-corrected chi connectivity index (χ4v) is 1.31. The van der Waals surface area contributed by atoms with E-state index in [0.29, 0.717) is 19.6 Å². The van der Waals surface area contributed by atoms with Crippen molar-refractivity contribution in [3.8, 4) is 5.75 Å². The molecule has 0 saturated carbocycles. The number of hydrogen-bond donors (Lipinski definition) is 3. The van der Waals surface area contributed by atoms with Gasteiger partial charge >= 0.3 is 6.03 Å². The van der Waals surface area contributed by atoms with Crippen LogP contribution in [0.25, 0.3) is 0 Å². The van der Waals surface area contributed by atoms with E-state index in [1.807, 2.05) is 0 Å². The highest BCUT2D eigenvalue weighted by Gasteiger charge is 2.02. The third-order valence-corrected chi connectivity index (χ3v) is 2.33. The zero-order chi connectivity index (χ0) is 13.5. The van der Waals surface area contributed by atoms with Gasteiger partial charge in [-0.15, -0.1) is 0 Å². The van der Waals surface area contributed by atoms with E-state index in [1.54, 1.807) is 20.2 Å². The topological polar surface area (TPSA) is 64.6 Å². The zero-order valence-corrected chi connectivity index (χ0v) is 10.5. The van der Waals surface area contributed by atoms with Crippen LogP contribution in [0.15, 0.2) is 18.2 Å². The molecule has 3 N–H and O–H groups in total. The maximum absolute atomic E-state index is 13.0. The molecule has 0 atom stereocenters. The molecule has 0 aromatic heterocycles. The molecule has 0 aliphatic carbocycles. The van der Waals surface area contributed by atoms with Gasteiger partial charge in [-0.3, -0.25) is 0 Å². The Bertz CT molecular complexity index is 410. The Labute approximate surface area is 106 Å². The van der Waals surface area contributed by atoms with Gasteiger partial charge in [0.2, 0.25) is 0 Å². The molecule has 0 saturated heterocycles. The van der Waals surface area contributed by atoms with Crippen LogP contribution in [0, 0.1) is 5.82 Å². The minimum atomic E-state index is -0.629. The molecule has 100 valence electrons. The van der Waals surface area contributed by atoms with Crippen LogP contribution in [0.3, 0.4) is 0 Å². The largest absolute Gasteiger partial charge is 0.505 e. The first-order valence-electron chi connectivity index (χ1n) is 5.64. The second kappa shape index (κ2) is 6.80. The van der Waals surface area contributed by atoms with E-state index in [4.69, 9.17) is 5.11 Å². The molecule has 18 heavy (non-hydrogen) atoms. The third kappa shape index (κ3) is 4.58. The van der Waals surface area contributed by atoms with Gasteiger partial charge in [0, 0.05) is 33.7 Å². The number of carbonyl (C=O) groups is 1. The third-order valence-electron chi connectivity index (χ3n) is 2.33. The number of phenols is 1. The zero-order valence-electron chi connectivity index (χ0n) is 10.5. The number of phenolic OH excluding ortho intramolecular Hbond substituents is 1. The number of benzene rings is 1. The van der Waals surface area contributed by atoms with Crippen molar-refractivity contribution in [3.05, 3.63) is 29.6 Å². The molecule has 0 bridgehead atoms. The molecule has 2 amide bonds. The van der Waals surface area contributed by atoms with E-state index in [2.05, 4.69) is 10.6 Å². The Morgan fingerprint density at radius 3 is 2.72 bits per heavy atom. The number of amides is 2. The van der Waals surface area contributed by atoms with Gasteiger partial charge < -0.3 is 20.6 Å². The molecule has 0 unspecified atom stereocenters. The Balaban J connectivity index is 2.22. The lowest BCUT2D eigenvalue weighted by atomic mass is 10.2. The van der Waals surface area contributed by atoms with Crippen molar-refractivity contribution in [1.82, 2.24) is 15.5 Å². The first-order chi connectivity index (χ1) is 8.50. The van der Waals surface area contributed by atoms with E-state index < -0.39 is 5.82 Å². The van der Waals surface area contributed by atoms with Crippen molar-refractivity contribution in [2.45, 2.75) is 6.54 Å². The Morgan fingerprint density at radius 1 is 1.39 bits per heavy atom. The molecule has 1 aromatic rings. The minimum absolute atomic E-state index is 0.146. The van der Waals surface area contributed by atoms with Crippen molar-refractivity contribution in [1.29, 1.82) is 0 Å². The van der Waals surface area contributed by atoms with Crippen molar-refractivity contribution >= 4 is 6.03 Å². The van der Waals surface area contributed by atoms with Crippen LogP contribution >= 0.6 is 0 Å². The lowest BCUT2D eigenvalue weighted by Gasteiger charge is -2.12. The lowest BCUT2D eigenvalue weighted by Crippen LogP contribution is -2.38. The van der Waals surface area contributed by atoms with Gasteiger partial charge in [-0.25, -0.2) is 9.18 Å². The molecular weight excluding hydrogens is 237 g/mol. The van der Waals surface area contributed by atoms with E-state index in [0.717, 1.165) is 5.56 Å². The molecule has 0 heterocycles. The smallest absolute Gasteiger partial charge is 0.316 e. The molecule has 1 aromatic carbocycles. The second-order valence-corrected chi connectivity index (χ2v) is 4.09. The SMILES string of the molecule is CN(C)C(=O)NCCNCc1ccc(O)c(F)c1. The van der Waals surface area contributed by atoms with E-state index in [9.17, 15) is 9.18 Å². The Kier molecular flexibility index (Phi) is 5.38.